The zero-order chi connectivity index (χ0) is 11.6. The minimum atomic E-state index is -1.25. The van der Waals surface area contributed by atoms with Crippen molar-refractivity contribution in [3.05, 3.63) is 47.6 Å². The van der Waals surface area contributed by atoms with E-state index in [1.54, 1.807) is 11.1 Å². The Morgan fingerprint density at radius 1 is 0.938 bits per heavy atom. The fraction of sp³-hybridized carbons (Fsp3) is 0.467. The van der Waals surface area contributed by atoms with Gasteiger partial charge in [-0.1, -0.05) is 74.5 Å². The first-order chi connectivity index (χ1) is 7.45. The van der Waals surface area contributed by atoms with E-state index in [0.29, 0.717) is 0 Å². The molecule has 0 N–H and O–H groups in total. The molecule has 1 heterocycles. The lowest BCUT2D eigenvalue weighted by Crippen LogP contribution is -2.46. The zero-order valence-electron chi connectivity index (χ0n) is 10.6. The molecule has 0 aromatic heterocycles. The van der Waals surface area contributed by atoms with Crippen LogP contribution in [0.15, 0.2) is 47.6 Å². The Morgan fingerprint density at radius 3 is 1.81 bits per heavy atom. The molecule has 0 bridgehead atoms. The highest BCUT2D eigenvalue weighted by Crippen LogP contribution is 2.62. The van der Waals surface area contributed by atoms with Gasteiger partial charge in [0.25, 0.3) is 0 Å². The zero-order valence-corrected chi connectivity index (χ0v) is 11.6. The molecule has 0 aromatic carbocycles. The standard InChI is InChI=1S/C15H20Si/c1-15(2)11-7-5-9-13(11)16(3,4)14-10-6-8-12(14)15/h5-10,13-14H,1-4H3. The summed E-state index contributed by atoms with van der Waals surface area (Å²) in [5, 5.41) is 0. The van der Waals surface area contributed by atoms with Gasteiger partial charge in [0, 0.05) is 5.41 Å². The van der Waals surface area contributed by atoms with Crippen molar-refractivity contribution >= 4 is 8.07 Å². The van der Waals surface area contributed by atoms with Crippen LogP contribution in [0, 0.1) is 5.41 Å². The number of allylic oxidation sites excluding steroid dienone is 8. The second-order valence-electron chi connectivity index (χ2n) is 6.42. The van der Waals surface area contributed by atoms with E-state index in [4.69, 9.17) is 0 Å². The molecule has 2 unspecified atom stereocenters. The molecule has 0 nitrogen and oxygen atoms in total. The van der Waals surface area contributed by atoms with Gasteiger partial charge >= 0.3 is 0 Å². The number of rotatable bonds is 0. The fourth-order valence-electron chi connectivity index (χ4n) is 3.81. The molecule has 1 aliphatic heterocycles. The fourth-order valence-corrected chi connectivity index (χ4v) is 7.93. The summed E-state index contributed by atoms with van der Waals surface area (Å²) in [4.78, 5) is 0. The van der Waals surface area contributed by atoms with Gasteiger partial charge in [-0.15, -0.1) is 0 Å². The molecule has 3 rings (SSSR count). The summed E-state index contributed by atoms with van der Waals surface area (Å²) in [6.07, 6.45) is 14.2. The summed E-state index contributed by atoms with van der Waals surface area (Å²) >= 11 is 0. The topological polar surface area (TPSA) is 0 Å². The second kappa shape index (κ2) is 2.89. The molecular weight excluding hydrogens is 208 g/mol. The van der Waals surface area contributed by atoms with Gasteiger partial charge < -0.3 is 0 Å². The molecule has 0 radical (unpaired) electrons. The van der Waals surface area contributed by atoms with Gasteiger partial charge in [-0.25, -0.2) is 0 Å². The van der Waals surface area contributed by atoms with Crippen LogP contribution in [0.5, 0.6) is 0 Å². The molecule has 1 saturated heterocycles. The highest BCUT2D eigenvalue weighted by Gasteiger charge is 2.53. The highest BCUT2D eigenvalue weighted by molar-refractivity contribution is 6.83. The van der Waals surface area contributed by atoms with E-state index in [1.807, 2.05) is 0 Å². The molecule has 2 atom stereocenters. The maximum Gasteiger partial charge on any atom is 0.0707 e. The SMILES string of the molecule is CC1(C)C2=CC=CC2[Si](C)(C)C2C=CC=C21. The van der Waals surface area contributed by atoms with Gasteiger partial charge in [-0.2, -0.15) is 0 Å². The quantitative estimate of drug-likeness (QED) is 0.537. The summed E-state index contributed by atoms with van der Waals surface area (Å²) < 4.78 is 0. The van der Waals surface area contributed by atoms with Crippen LogP contribution in [0.2, 0.25) is 24.2 Å². The van der Waals surface area contributed by atoms with E-state index < -0.39 is 8.07 Å². The molecule has 3 aliphatic rings. The normalized spacial score (nSPS) is 36.8. The van der Waals surface area contributed by atoms with Crippen LogP contribution in [0.25, 0.3) is 0 Å². The molecular formula is C15H20Si. The Bertz CT molecular complexity index is 418. The van der Waals surface area contributed by atoms with E-state index in [9.17, 15) is 0 Å². The summed E-state index contributed by atoms with van der Waals surface area (Å²) in [5.74, 6) is 0. The molecule has 16 heavy (non-hydrogen) atoms. The molecule has 2 aliphatic carbocycles. The van der Waals surface area contributed by atoms with Crippen LogP contribution in [-0.4, -0.2) is 8.07 Å². The van der Waals surface area contributed by atoms with Gasteiger partial charge in [0.2, 0.25) is 0 Å². The molecule has 0 amide bonds. The average Bonchev–Trinajstić information content (AvgIpc) is 2.86. The Hall–Kier alpha value is -0.823. The van der Waals surface area contributed by atoms with Gasteiger partial charge in [-0.05, 0) is 11.1 Å². The van der Waals surface area contributed by atoms with E-state index in [1.165, 1.54) is 0 Å². The number of hydrogen-bond acceptors (Lipinski definition) is 0. The van der Waals surface area contributed by atoms with Crippen molar-refractivity contribution < 1.29 is 0 Å². The summed E-state index contributed by atoms with van der Waals surface area (Å²) in [6, 6.07) is 0. The highest BCUT2D eigenvalue weighted by atomic mass is 28.3. The second-order valence-corrected chi connectivity index (χ2v) is 11.3. The van der Waals surface area contributed by atoms with Crippen molar-refractivity contribution in [1.29, 1.82) is 0 Å². The minimum Gasteiger partial charge on any atom is -0.0800 e. The first-order valence-corrected chi connectivity index (χ1v) is 9.39. The van der Waals surface area contributed by atoms with Crippen LogP contribution < -0.4 is 0 Å². The molecule has 0 spiro atoms. The molecule has 84 valence electrons. The maximum absolute atomic E-state index is 2.55. The number of hydrogen-bond donors (Lipinski definition) is 0. The lowest BCUT2D eigenvalue weighted by Gasteiger charge is -2.50. The van der Waals surface area contributed by atoms with Crippen molar-refractivity contribution in [1.82, 2.24) is 0 Å². The molecule has 1 fully saturated rings. The van der Waals surface area contributed by atoms with E-state index in [2.05, 4.69) is 63.4 Å². The van der Waals surface area contributed by atoms with E-state index in [-0.39, 0.29) is 5.41 Å². The van der Waals surface area contributed by atoms with Crippen molar-refractivity contribution in [2.24, 2.45) is 5.41 Å². The predicted octanol–water partition coefficient (Wildman–Crippen LogP) is 4.47. The Kier molecular flexibility index (Phi) is 1.87. The van der Waals surface area contributed by atoms with Gasteiger partial charge in [0.05, 0.1) is 8.07 Å². The third-order valence-electron chi connectivity index (χ3n) is 4.88. The first-order valence-electron chi connectivity index (χ1n) is 6.23. The van der Waals surface area contributed by atoms with Crippen LogP contribution in [-0.2, 0) is 0 Å². The van der Waals surface area contributed by atoms with E-state index >= 15 is 0 Å². The van der Waals surface area contributed by atoms with Crippen LogP contribution in [0.3, 0.4) is 0 Å². The van der Waals surface area contributed by atoms with Crippen molar-refractivity contribution in [2.75, 3.05) is 0 Å². The van der Waals surface area contributed by atoms with Crippen LogP contribution in [0.4, 0.5) is 0 Å². The van der Waals surface area contributed by atoms with Crippen molar-refractivity contribution in [2.45, 2.75) is 38.0 Å². The van der Waals surface area contributed by atoms with E-state index in [0.717, 1.165) is 11.1 Å². The predicted molar refractivity (Wildman–Crippen MR) is 73.2 cm³/mol. The third-order valence-corrected chi connectivity index (χ3v) is 9.09. The number of fused-ring (bicyclic) bond motifs is 2. The molecule has 0 saturated carbocycles. The molecule has 1 heteroatoms. The summed E-state index contributed by atoms with van der Waals surface area (Å²) in [7, 11) is -1.25. The molecule has 0 aromatic rings. The van der Waals surface area contributed by atoms with Gasteiger partial charge in [0.1, 0.15) is 0 Å². The maximum atomic E-state index is 2.55. The first kappa shape index (κ1) is 10.3. The van der Waals surface area contributed by atoms with Gasteiger partial charge in [-0.3, -0.25) is 0 Å². The van der Waals surface area contributed by atoms with Crippen LogP contribution >= 0.6 is 0 Å². The van der Waals surface area contributed by atoms with Crippen molar-refractivity contribution in [3.63, 3.8) is 0 Å². The lowest BCUT2D eigenvalue weighted by atomic mass is 9.75. The van der Waals surface area contributed by atoms with Crippen LogP contribution in [0.1, 0.15) is 13.8 Å². The van der Waals surface area contributed by atoms with Crippen molar-refractivity contribution in [3.8, 4) is 0 Å². The monoisotopic (exact) mass is 228 g/mol. The summed E-state index contributed by atoms with van der Waals surface area (Å²) in [5.41, 5.74) is 5.11. The Balaban J connectivity index is 2.19. The third kappa shape index (κ3) is 1.05. The Labute approximate surface area is 99.5 Å². The van der Waals surface area contributed by atoms with Gasteiger partial charge in [0.15, 0.2) is 0 Å². The largest absolute Gasteiger partial charge is 0.0800 e. The lowest BCUT2D eigenvalue weighted by molar-refractivity contribution is 0.500. The average molecular weight is 228 g/mol. The smallest absolute Gasteiger partial charge is 0.0707 e. The minimum absolute atomic E-state index is 0.269. The summed E-state index contributed by atoms with van der Waals surface area (Å²) in [6.45, 7) is 9.89. The Morgan fingerprint density at radius 2 is 1.38 bits per heavy atom.